The largest absolute Gasteiger partial charge is 0.461 e. The first-order chi connectivity index (χ1) is 23.8. The maximum absolute atomic E-state index is 13.1. The maximum atomic E-state index is 13.1. The lowest BCUT2D eigenvalue weighted by Gasteiger charge is -2.36. The number of alkyl halides is 6. The third kappa shape index (κ3) is 12.6. The van der Waals surface area contributed by atoms with Gasteiger partial charge in [-0.1, -0.05) is 43.2 Å². The molecular weight excluding hydrogens is 666 g/mol. The second kappa shape index (κ2) is 18.6. The van der Waals surface area contributed by atoms with Gasteiger partial charge >= 0.3 is 24.3 Å². The van der Waals surface area contributed by atoms with Gasteiger partial charge < -0.3 is 14.4 Å². The van der Waals surface area contributed by atoms with Crippen LogP contribution in [0.2, 0.25) is 0 Å². The first-order valence-electron chi connectivity index (χ1n) is 17.5. The Balaban J connectivity index is 0.000000237. The van der Waals surface area contributed by atoms with Crippen LogP contribution in [0.1, 0.15) is 111 Å². The molecule has 7 nitrogen and oxygen atoms in total. The number of rotatable bonds is 9. The van der Waals surface area contributed by atoms with Gasteiger partial charge in [-0.15, -0.1) is 0 Å². The first kappa shape index (κ1) is 39.2. The van der Waals surface area contributed by atoms with Gasteiger partial charge in [0.2, 0.25) is 0 Å². The fourth-order valence-corrected chi connectivity index (χ4v) is 6.70. The van der Waals surface area contributed by atoms with Gasteiger partial charge in [0, 0.05) is 18.2 Å². The minimum atomic E-state index is -4.98. The lowest BCUT2D eigenvalue weighted by atomic mass is 9.94. The third-order valence-electron chi connectivity index (χ3n) is 9.28. The second-order valence-corrected chi connectivity index (χ2v) is 13.2. The quantitative estimate of drug-likeness (QED) is 0.208. The molecule has 2 aromatic carbocycles. The summed E-state index contributed by atoms with van der Waals surface area (Å²) in [6, 6.07) is 10.1. The predicted molar refractivity (Wildman–Crippen MR) is 174 cm³/mol. The minimum absolute atomic E-state index is 0.0361. The average molecular weight is 713 g/mol. The van der Waals surface area contributed by atoms with E-state index in [2.05, 4.69) is 5.32 Å². The Morgan fingerprint density at radius 1 is 0.660 bits per heavy atom. The number of hydrogen-bond donors (Lipinski definition) is 1. The van der Waals surface area contributed by atoms with E-state index in [1.807, 2.05) is 30.3 Å². The molecule has 2 saturated carbocycles. The third-order valence-corrected chi connectivity index (χ3v) is 9.28. The van der Waals surface area contributed by atoms with Crippen molar-refractivity contribution >= 4 is 17.8 Å². The van der Waals surface area contributed by atoms with Crippen molar-refractivity contribution in [2.24, 2.45) is 0 Å². The summed E-state index contributed by atoms with van der Waals surface area (Å²) in [4.78, 5) is 37.7. The van der Waals surface area contributed by atoms with Crippen LogP contribution >= 0.6 is 0 Å². The van der Waals surface area contributed by atoms with Crippen molar-refractivity contribution in [1.82, 2.24) is 10.2 Å². The normalized spacial score (nSPS) is 19.2. The van der Waals surface area contributed by atoms with Gasteiger partial charge in [-0.2, -0.15) is 26.3 Å². The van der Waals surface area contributed by atoms with Crippen molar-refractivity contribution in [1.29, 1.82) is 0 Å². The van der Waals surface area contributed by atoms with E-state index < -0.39 is 35.0 Å². The second-order valence-electron chi connectivity index (χ2n) is 13.2. The van der Waals surface area contributed by atoms with Crippen molar-refractivity contribution < 1.29 is 50.2 Å². The lowest BCUT2D eigenvalue weighted by molar-refractivity contribution is -0.151. The number of benzene rings is 2. The summed E-state index contributed by atoms with van der Waals surface area (Å²) < 4.78 is 89.4. The van der Waals surface area contributed by atoms with E-state index in [0.29, 0.717) is 37.9 Å². The molecule has 13 heteroatoms. The van der Waals surface area contributed by atoms with Gasteiger partial charge in [-0.05, 0) is 101 Å². The van der Waals surface area contributed by atoms with Crippen molar-refractivity contribution in [2.45, 2.75) is 120 Å². The highest BCUT2D eigenvalue weighted by atomic mass is 19.4. The van der Waals surface area contributed by atoms with Crippen molar-refractivity contribution in [3.05, 3.63) is 70.8 Å². The number of ether oxygens (including phenoxy) is 2. The zero-order valence-corrected chi connectivity index (χ0v) is 28.1. The Bertz CT molecular complexity index is 1320. The molecule has 0 spiro atoms. The summed E-state index contributed by atoms with van der Waals surface area (Å²) in [5.74, 6) is -1.35. The minimum Gasteiger partial charge on any atom is -0.461 e. The molecule has 50 heavy (non-hydrogen) atoms. The predicted octanol–water partition coefficient (Wildman–Crippen LogP) is 8.29. The molecule has 3 aliphatic rings. The summed E-state index contributed by atoms with van der Waals surface area (Å²) in [7, 11) is 0. The molecule has 0 radical (unpaired) electrons. The number of amides is 1. The van der Waals surface area contributed by atoms with Crippen LogP contribution in [0.5, 0.6) is 0 Å². The highest BCUT2D eigenvalue weighted by Crippen LogP contribution is 2.37. The number of carbonyl (C=O) groups is 3. The number of hydrogen-bond acceptors (Lipinski definition) is 6. The Morgan fingerprint density at radius 2 is 1.14 bits per heavy atom. The highest BCUT2D eigenvalue weighted by molar-refractivity contribution is 5.95. The van der Waals surface area contributed by atoms with Gasteiger partial charge in [0.15, 0.2) is 0 Å². The number of nitrogens with one attached hydrogen (secondary N) is 1. The van der Waals surface area contributed by atoms with Gasteiger partial charge in [0.25, 0.3) is 5.91 Å². The molecule has 1 amide bonds. The standard InChI is InChI=1S/C21H19F6NO.C16H27NO4/c22-20(23,24)16-11-15(12-17(13-16)21(25,26)27)19(29)28-9-5-4-8-18(28)10-14-6-2-1-3-7-14;18-15(20-13-7-3-1-4-8-13)11-17-12-16(19)21-14-9-5-2-6-10-14/h1-3,6-7,11-13,18H,4-5,8-10H2;13-14,17H,1-12H2/t18-;/m0./s1. The number of carbonyl (C=O) groups excluding carboxylic acids is 3. The number of esters is 2. The summed E-state index contributed by atoms with van der Waals surface area (Å²) in [5.41, 5.74) is -2.59. The van der Waals surface area contributed by atoms with E-state index >= 15 is 0 Å². The Morgan fingerprint density at radius 3 is 1.62 bits per heavy atom. The van der Waals surface area contributed by atoms with Gasteiger partial charge in [-0.25, -0.2) is 0 Å². The fraction of sp³-hybridized carbons (Fsp3) is 0.595. The van der Waals surface area contributed by atoms with Gasteiger partial charge in [0.05, 0.1) is 24.2 Å². The molecule has 1 atom stereocenters. The van der Waals surface area contributed by atoms with Gasteiger partial charge in [0.1, 0.15) is 12.2 Å². The van der Waals surface area contributed by atoms with Crippen LogP contribution in [0.4, 0.5) is 26.3 Å². The molecule has 2 aliphatic carbocycles. The Hall–Kier alpha value is -3.61. The summed E-state index contributed by atoms with van der Waals surface area (Å²) >= 11 is 0. The molecule has 1 heterocycles. The highest BCUT2D eigenvalue weighted by Gasteiger charge is 2.38. The molecule has 0 bridgehead atoms. The fourth-order valence-electron chi connectivity index (χ4n) is 6.70. The molecule has 5 rings (SSSR count). The number of nitrogens with zero attached hydrogens (tertiary/aromatic N) is 1. The van der Waals surface area contributed by atoms with Crippen LogP contribution in [-0.4, -0.2) is 60.6 Å². The molecule has 0 aromatic heterocycles. The van der Waals surface area contributed by atoms with Crippen molar-refractivity contribution in [3.63, 3.8) is 0 Å². The zero-order valence-electron chi connectivity index (χ0n) is 28.1. The van der Waals surface area contributed by atoms with E-state index in [4.69, 9.17) is 9.47 Å². The van der Waals surface area contributed by atoms with Gasteiger partial charge in [-0.3, -0.25) is 19.7 Å². The molecule has 276 valence electrons. The van der Waals surface area contributed by atoms with Crippen LogP contribution in [0.3, 0.4) is 0 Å². The van der Waals surface area contributed by atoms with E-state index in [1.165, 1.54) is 17.7 Å². The maximum Gasteiger partial charge on any atom is 0.416 e. The molecule has 2 aromatic rings. The molecule has 0 unspecified atom stereocenters. The zero-order chi connectivity index (χ0) is 36.1. The molecular formula is C37H46F6N2O5. The Kier molecular flexibility index (Phi) is 14.6. The molecule has 3 fully saturated rings. The smallest absolute Gasteiger partial charge is 0.416 e. The topological polar surface area (TPSA) is 84.9 Å². The van der Waals surface area contributed by atoms with Crippen molar-refractivity contribution in [3.8, 4) is 0 Å². The summed E-state index contributed by atoms with van der Waals surface area (Å²) in [6.07, 6.45) is 3.71. The molecule has 1 N–H and O–H groups in total. The molecule has 1 aliphatic heterocycles. The first-order valence-corrected chi connectivity index (χ1v) is 17.5. The van der Waals surface area contributed by atoms with E-state index in [-0.39, 0.29) is 49.3 Å². The number of piperidine rings is 1. The summed E-state index contributed by atoms with van der Waals surface area (Å²) in [5, 5.41) is 2.82. The van der Waals surface area contributed by atoms with Crippen LogP contribution in [0, 0.1) is 0 Å². The van der Waals surface area contributed by atoms with Crippen molar-refractivity contribution in [2.75, 3.05) is 19.6 Å². The van der Waals surface area contributed by atoms with E-state index in [1.54, 1.807) is 0 Å². The monoisotopic (exact) mass is 712 g/mol. The molecule has 1 saturated heterocycles. The SMILES string of the molecule is O=C(CNCC(=O)OC1CCCCC1)OC1CCCCC1.O=C(c1cc(C(F)(F)F)cc(C(F)(F)F)c1)N1CCCC[C@H]1Cc1ccccc1. The van der Waals surface area contributed by atoms with E-state index in [9.17, 15) is 40.7 Å². The lowest BCUT2D eigenvalue weighted by Crippen LogP contribution is -2.45. The number of likely N-dealkylation sites (tertiary alicyclic amines) is 1. The van der Waals surface area contributed by atoms with Crippen LogP contribution < -0.4 is 5.32 Å². The average Bonchev–Trinajstić information content (AvgIpc) is 3.09. The van der Waals surface area contributed by atoms with Crippen LogP contribution in [0.25, 0.3) is 0 Å². The van der Waals surface area contributed by atoms with Crippen LogP contribution in [-0.2, 0) is 37.8 Å². The Labute approximate surface area is 289 Å². The summed E-state index contributed by atoms with van der Waals surface area (Å²) in [6.45, 7) is 0.459. The van der Waals surface area contributed by atoms with Crippen LogP contribution in [0.15, 0.2) is 48.5 Å². The van der Waals surface area contributed by atoms with E-state index in [0.717, 1.165) is 63.4 Å². The number of halogens is 6.